The third-order valence-corrected chi connectivity index (χ3v) is 9.22. The van der Waals surface area contributed by atoms with Crippen molar-refractivity contribution in [3.63, 3.8) is 0 Å². The zero-order valence-corrected chi connectivity index (χ0v) is 20.2. The van der Waals surface area contributed by atoms with Gasteiger partial charge in [0.05, 0.1) is 5.92 Å². The lowest BCUT2D eigenvalue weighted by molar-refractivity contribution is -0.186. The summed E-state index contributed by atoms with van der Waals surface area (Å²) in [5.41, 5.74) is 0. The average Bonchev–Trinajstić information content (AvgIpc) is 2.77. The van der Waals surface area contributed by atoms with Crippen molar-refractivity contribution >= 4 is 11.8 Å². The van der Waals surface area contributed by atoms with Gasteiger partial charge in [-0.2, -0.15) is 13.2 Å². The van der Waals surface area contributed by atoms with Gasteiger partial charge in [-0.05, 0) is 76.0 Å². The van der Waals surface area contributed by atoms with Gasteiger partial charge in [0.2, 0.25) is 11.8 Å². The maximum Gasteiger partial charge on any atom is 0.391 e. The molecule has 2 saturated heterocycles. The first-order valence-electron chi connectivity index (χ1n) is 12.9. The number of alkyl halides is 3. The molecule has 2 aliphatic carbocycles. The second kappa shape index (κ2) is 9.74. The van der Waals surface area contributed by atoms with E-state index in [0.717, 1.165) is 38.6 Å². The Bertz CT molecular complexity index is 730. The van der Waals surface area contributed by atoms with E-state index in [4.69, 9.17) is 0 Å². The molecule has 2 amide bonds. The lowest BCUT2D eigenvalue weighted by atomic mass is 9.65. The van der Waals surface area contributed by atoms with Gasteiger partial charge in [-0.1, -0.05) is 13.3 Å². The Morgan fingerprint density at radius 2 is 1.82 bits per heavy atom. The Morgan fingerprint density at radius 3 is 2.55 bits per heavy atom. The fraction of sp³-hybridized carbons (Fsp3) is 0.920. The molecule has 4 aliphatic rings. The number of fused-ring (bicyclic) bond motifs is 1. The van der Waals surface area contributed by atoms with E-state index in [1.165, 1.54) is 0 Å². The van der Waals surface area contributed by atoms with Crippen molar-refractivity contribution in [3.8, 4) is 0 Å². The topological polar surface area (TPSA) is 61.4 Å². The van der Waals surface area contributed by atoms with Crippen molar-refractivity contribution in [1.29, 1.82) is 0 Å². The molecule has 2 heterocycles. The number of carbonyl (C=O) groups excluding carboxylic acids is 2. The summed E-state index contributed by atoms with van der Waals surface area (Å²) in [5, 5.41) is 6.66. The lowest BCUT2D eigenvalue weighted by Crippen LogP contribution is -2.60. The normalized spacial score (nSPS) is 42.5. The average molecular weight is 472 g/mol. The van der Waals surface area contributed by atoms with Crippen LogP contribution in [0.4, 0.5) is 13.2 Å². The number of nitrogens with one attached hydrogen (secondary N) is 2. The van der Waals surface area contributed by atoms with Crippen LogP contribution in [0.5, 0.6) is 0 Å². The number of hydrogen-bond acceptors (Lipinski definition) is 3. The molecule has 5 nitrogen and oxygen atoms in total. The molecule has 2 N–H and O–H groups in total. The fourth-order valence-corrected chi connectivity index (χ4v) is 7.14. The van der Waals surface area contributed by atoms with E-state index in [1.807, 2.05) is 11.9 Å². The third kappa shape index (κ3) is 5.35. The van der Waals surface area contributed by atoms with Gasteiger partial charge in [0.15, 0.2) is 0 Å². The summed E-state index contributed by atoms with van der Waals surface area (Å²) < 4.78 is 39.5. The Labute approximate surface area is 195 Å². The smallest absolute Gasteiger partial charge is 0.353 e. The first-order valence-corrected chi connectivity index (χ1v) is 12.9. The summed E-state index contributed by atoms with van der Waals surface area (Å²) in [7, 11) is 1.94. The first-order chi connectivity index (χ1) is 15.5. The van der Waals surface area contributed by atoms with Crippen molar-refractivity contribution in [2.24, 2.45) is 35.5 Å². The summed E-state index contributed by atoms with van der Waals surface area (Å²) in [6.45, 7) is 5.31. The zero-order chi connectivity index (χ0) is 23.9. The summed E-state index contributed by atoms with van der Waals surface area (Å²) in [4.78, 5) is 28.2. The summed E-state index contributed by atoms with van der Waals surface area (Å²) in [6, 6.07) is 0.667. The maximum atomic E-state index is 13.3. The molecule has 2 saturated carbocycles. The molecule has 4 fully saturated rings. The van der Waals surface area contributed by atoms with Crippen LogP contribution in [0.1, 0.15) is 71.6 Å². The highest BCUT2D eigenvalue weighted by molar-refractivity contribution is 5.80. The highest BCUT2D eigenvalue weighted by Gasteiger charge is 2.48. The van der Waals surface area contributed by atoms with Crippen LogP contribution in [0, 0.1) is 35.5 Å². The molecular weight excluding hydrogens is 431 g/mol. The van der Waals surface area contributed by atoms with Gasteiger partial charge in [-0.3, -0.25) is 9.59 Å². The molecule has 188 valence electrons. The third-order valence-electron chi connectivity index (χ3n) is 9.22. The highest BCUT2D eigenvalue weighted by atomic mass is 19.4. The van der Waals surface area contributed by atoms with Gasteiger partial charge in [0.25, 0.3) is 0 Å². The van der Waals surface area contributed by atoms with Gasteiger partial charge in [0, 0.05) is 43.6 Å². The SMILES string of the molecule is CC1CC2C(CN1)CC(C1CC(NC(=O)C3CCCC(C(F)(F)F)C3)CCC1C)C(=O)N2C. The fourth-order valence-electron chi connectivity index (χ4n) is 7.14. The van der Waals surface area contributed by atoms with Crippen LogP contribution in [-0.4, -0.2) is 54.6 Å². The molecule has 33 heavy (non-hydrogen) atoms. The Kier molecular flexibility index (Phi) is 7.32. The Balaban J connectivity index is 1.38. The zero-order valence-electron chi connectivity index (χ0n) is 20.2. The molecule has 0 aromatic rings. The minimum Gasteiger partial charge on any atom is -0.353 e. The largest absolute Gasteiger partial charge is 0.391 e. The van der Waals surface area contributed by atoms with Crippen LogP contribution in [0.3, 0.4) is 0 Å². The van der Waals surface area contributed by atoms with Crippen LogP contribution in [0.2, 0.25) is 0 Å². The molecule has 0 spiro atoms. The van der Waals surface area contributed by atoms with Crippen molar-refractivity contribution in [1.82, 2.24) is 15.5 Å². The second-order valence-corrected chi connectivity index (χ2v) is 11.4. The molecular formula is C25H40F3N3O2. The first kappa shape index (κ1) is 24.8. The number of likely N-dealkylation sites (tertiary alicyclic amines) is 1. The van der Waals surface area contributed by atoms with Gasteiger partial charge in [-0.15, -0.1) is 0 Å². The molecule has 9 atom stereocenters. The molecule has 0 bridgehead atoms. The van der Waals surface area contributed by atoms with Crippen molar-refractivity contribution < 1.29 is 22.8 Å². The predicted octanol–water partition coefficient (Wildman–Crippen LogP) is 4.12. The van der Waals surface area contributed by atoms with E-state index in [9.17, 15) is 22.8 Å². The Hall–Kier alpha value is -1.31. The van der Waals surface area contributed by atoms with Gasteiger partial charge in [0.1, 0.15) is 0 Å². The van der Waals surface area contributed by atoms with Crippen molar-refractivity contribution in [2.75, 3.05) is 13.6 Å². The van der Waals surface area contributed by atoms with E-state index in [-0.39, 0.29) is 42.5 Å². The highest BCUT2D eigenvalue weighted by Crippen LogP contribution is 2.44. The summed E-state index contributed by atoms with van der Waals surface area (Å²) in [6.07, 6.45) is 1.18. The number of rotatable bonds is 3. The minimum atomic E-state index is -4.22. The summed E-state index contributed by atoms with van der Waals surface area (Å²) in [5.74, 6) is -0.888. The second-order valence-electron chi connectivity index (χ2n) is 11.4. The predicted molar refractivity (Wildman–Crippen MR) is 120 cm³/mol. The number of carbonyl (C=O) groups is 2. The van der Waals surface area contributed by atoms with Crippen LogP contribution >= 0.6 is 0 Å². The quantitative estimate of drug-likeness (QED) is 0.651. The van der Waals surface area contributed by atoms with E-state index in [1.54, 1.807) is 0 Å². The van der Waals surface area contributed by atoms with Gasteiger partial charge in [-0.25, -0.2) is 0 Å². The minimum absolute atomic E-state index is 0.0366. The van der Waals surface area contributed by atoms with Crippen LogP contribution in [0.15, 0.2) is 0 Å². The Morgan fingerprint density at radius 1 is 1.06 bits per heavy atom. The molecule has 0 radical (unpaired) electrons. The summed E-state index contributed by atoms with van der Waals surface area (Å²) >= 11 is 0. The number of halogens is 3. The van der Waals surface area contributed by atoms with E-state index < -0.39 is 18.0 Å². The van der Waals surface area contributed by atoms with Gasteiger partial charge < -0.3 is 15.5 Å². The molecule has 8 heteroatoms. The van der Waals surface area contributed by atoms with Crippen molar-refractivity contribution in [2.45, 2.75) is 95.9 Å². The maximum absolute atomic E-state index is 13.3. The molecule has 2 aliphatic heterocycles. The number of hydrogen-bond donors (Lipinski definition) is 2. The van der Waals surface area contributed by atoms with E-state index >= 15 is 0 Å². The molecule has 0 aromatic heterocycles. The number of amides is 2. The standard InChI is InChI=1S/C25H40F3N3O2/c1-14-7-8-19(30-23(32)16-5-4-6-18(10-16)25(26,27)28)12-20(14)21-11-17-13-29-15(2)9-22(17)31(3)24(21)33/h14-22,29H,4-13H2,1-3H3,(H,30,32). The monoisotopic (exact) mass is 471 g/mol. The molecule has 0 aromatic carbocycles. The van der Waals surface area contributed by atoms with Crippen molar-refractivity contribution in [3.05, 3.63) is 0 Å². The number of nitrogens with zero attached hydrogens (tertiary/aromatic N) is 1. The number of piperidine rings is 2. The van der Waals surface area contributed by atoms with Crippen LogP contribution in [-0.2, 0) is 9.59 Å². The van der Waals surface area contributed by atoms with Crippen LogP contribution in [0.25, 0.3) is 0 Å². The van der Waals surface area contributed by atoms with Crippen LogP contribution < -0.4 is 10.6 Å². The lowest BCUT2D eigenvalue weighted by Gasteiger charge is -2.50. The van der Waals surface area contributed by atoms with Gasteiger partial charge >= 0.3 is 6.18 Å². The van der Waals surface area contributed by atoms with E-state index in [2.05, 4.69) is 24.5 Å². The molecule has 9 unspecified atom stereocenters. The van der Waals surface area contributed by atoms with E-state index in [0.29, 0.717) is 36.8 Å². The molecule has 4 rings (SSSR count).